The zero-order valence-electron chi connectivity index (χ0n) is 17.7. The normalized spacial score (nSPS) is 10.9. The standard InChI is InChI=1S/C24H23N3O4/c1-4-26(15-19-9-6-12-31-19)24-25-21-14-17(23(29)30-3)10-11-20(21)22(28)27(24)18-8-5-7-16(2)13-18/h5-14H,4,15H2,1-3H3. The highest BCUT2D eigenvalue weighted by atomic mass is 16.5. The van der Waals surface area contributed by atoms with Gasteiger partial charge in [0.1, 0.15) is 5.76 Å². The van der Waals surface area contributed by atoms with E-state index in [4.69, 9.17) is 14.1 Å². The Morgan fingerprint density at radius 3 is 2.68 bits per heavy atom. The Bertz CT molecular complexity index is 1290. The van der Waals surface area contributed by atoms with Gasteiger partial charge in [-0.25, -0.2) is 14.3 Å². The Morgan fingerprint density at radius 1 is 1.16 bits per heavy atom. The number of methoxy groups -OCH3 is 1. The van der Waals surface area contributed by atoms with Crippen LogP contribution in [0.3, 0.4) is 0 Å². The number of hydrogen-bond acceptors (Lipinski definition) is 6. The van der Waals surface area contributed by atoms with Gasteiger partial charge in [-0.3, -0.25) is 4.79 Å². The van der Waals surface area contributed by atoms with Crippen LogP contribution in [0.25, 0.3) is 16.6 Å². The lowest BCUT2D eigenvalue weighted by Crippen LogP contribution is -2.32. The number of nitrogens with zero attached hydrogens (tertiary/aromatic N) is 3. The number of fused-ring (bicyclic) bond motifs is 1. The molecule has 0 saturated heterocycles. The second kappa shape index (κ2) is 8.47. The number of aryl methyl sites for hydroxylation is 1. The molecule has 2 aromatic heterocycles. The highest BCUT2D eigenvalue weighted by Crippen LogP contribution is 2.23. The summed E-state index contributed by atoms with van der Waals surface area (Å²) in [6.07, 6.45) is 1.62. The van der Waals surface area contributed by atoms with Crippen LogP contribution < -0.4 is 10.5 Å². The van der Waals surface area contributed by atoms with E-state index in [9.17, 15) is 9.59 Å². The fourth-order valence-electron chi connectivity index (χ4n) is 3.55. The average Bonchev–Trinajstić information content (AvgIpc) is 3.29. The van der Waals surface area contributed by atoms with E-state index >= 15 is 0 Å². The molecule has 31 heavy (non-hydrogen) atoms. The van der Waals surface area contributed by atoms with Gasteiger partial charge in [0.15, 0.2) is 0 Å². The molecule has 4 rings (SSSR count). The van der Waals surface area contributed by atoms with Crippen LogP contribution in [-0.4, -0.2) is 29.2 Å². The van der Waals surface area contributed by atoms with Crippen LogP contribution in [-0.2, 0) is 11.3 Å². The predicted molar refractivity (Wildman–Crippen MR) is 119 cm³/mol. The number of ether oxygens (including phenoxy) is 1. The minimum Gasteiger partial charge on any atom is -0.467 e. The van der Waals surface area contributed by atoms with E-state index in [2.05, 4.69) is 0 Å². The summed E-state index contributed by atoms with van der Waals surface area (Å²) in [5, 5.41) is 0.423. The molecule has 2 heterocycles. The van der Waals surface area contributed by atoms with Crippen LogP contribution >= 0.6 is 0 Å². The molecule has 0 amide bonds. The van der Waals surface area contributed by atoms with Crippen LogP contribution in [0.2, 0.25) is 0 Å². The zero-order chi connectivity index (χ0) is 22.0. The Hall–Kier alpha value is -3.87. The van der Waals surface area contributed by atoms with Gasteiger partial charge in [-0.15, -0.1) is 0 Å². The molecular formula is C24H23N3O4. The average molecular weight is 417 g/mol. The van der Waals surface area contributed by atoms with E-state index in [0.29, 0.717) is 35.5 Å². The fraction of sp³-hybridized carbons (Fsp3) is 0.208. The van der Waals surface area contributed by atoms with Crippen LogP contribution in [0, 0.1) is 6.92 Å². The Labute approximate surface area is 179 Å². The number of hydrogen-bond donors (Lipinski definition) is 0. The highest BCUT2D eigenvalue weighted by Gasteiger charge is 2.20. The van der Waals surface area contributed by atoms with Crippen LogP contribution in [0.4, 0.5) is 5.95 Å². The van der Waals surface area contributed by atoms with Gasteiger partial charge in [0.2, 0.25) is 5.95 Å². The summed E-state index contributed by atoms with van der Waals surface area (Å²) in [4.78, 5) is 32.4. The molecule has 0 unspecified atom stereocenters. The molecule has 0 bridgehead atoms. The minimum atomic E-state index is -0.476. The second-order valence-electron chi connectivity index (χ2n) is 7.21. The van der Waals surface area contributed by atoms with Gasteiger partial charge in [-0.1, -0.05) is 12.1 Å². The molecule has 0 radical (unpaired) electrons. The lowest BCUT2D eigenvalue weighted by Gasteiger charge is -2.25. The number of esters is 1. The van der Waals surface area contributed by atoms with Crippen molar-refractivity contribution in [3.63, 3.8) is 0 Å². The van der Waals surface area contributed by atoms with Gasteiger partial charge in [-0.05, 0) is 61.9 Å². The molecular weight excluding hydrogens is 394 g/mol. The van der Waals surface area contributed by atoms with Crippen molar-refractivity contribution in [3.05, 3.63) is 88.1 Å². The number of rotatable bonds is 6. The van der Waals surface area contributed by atoms with Crippen molar-refractivity contribution in [2.24, 2.45) is 0 Å². The summed E-state index contributed by atoms with van der Waals surface area (Å²) in [5.41, 5.74) is 2.33. The maximum Gasteiger partial charge on any atom is 0.337 e. The Kier molecular flexibility index (Phi) is 5.58. The van der Waals surface area contributed by atoms with Crippen molar-refractivity contribution in [3.8, 4) is 5.69 Å². The summed E-state index contributed by atoms with van der Waals surface area (Å²) < 4.78 is 11.9. The van der Waals surface area contributed by atoms with E-state index in [1.165, 1.54) is 7.11 Å². The summed E-state index contributed by atoms with van der Waals surface area (Å²) in [5.74, 6) is 0.760. The van der Waals surface area contributed by atoms with E-state index < -0.39 is 5.97 Å². The quantitative estimate of drug-likeness (QED) is 0.440. The van der Waals surface area contributed by atoms with Gasteiger partial charge in [0, 0.05) is 6.54 Å². The van der Waals surface area contributed by atoms with Gasteiger partial charge in [0.25, 0.3) is 5.56 Å². The summed E-state index contributed by atoms with van der Waals surface area (Å²) in [7, 11) is 1.32. The molecule has 0 N–H and O–H groups in total. The minimum absolute atomic E-state index is 0.208. The molecule has 158 valence electrons. The van der Waals surface area contributed by atoms with E-state index in [1.54, 1.807) is 29.0 Å². The van der Waals surface area contributed by atoms with Gasteiger partial charge in [-0.2, -0.15) is 0 Å². The summed E-state index contributed by atoms with van der Waals surface area (Å²) in [6, 6.07) is 16.2. The maximum absolute atomic E-state index is 13.6. The third kappa shape index (κ3) is 3.94. The van der Waals surface area contributed by atoms with Crippen molar-refractivity contribution in [1.29, 1.82) is 0 Å². The molecule has 0 aliphatic carbocycles. The largest absolute Gasteiger partial charge is 0.467 e. The molecule has 0 saturated carbocycles. The van der Waals surface area contributed by atoms with Crippen LogP contribution in [0.5, 0.6) is 0 Å². The lowest BCUT2D eigenvalue weighted by molar-refractivity contribution is 0.0601. The topological polar surface area (TPSA) is 77.6 Å². The Morgan fingerprint density at radius 2 is 2.00 bits per heavy atom. The highest BCUT2D eigenvalue weighted by molar-refractivity contribution is 5.94. The summed E-state index contributed by atoms with van der Waals surface area (Å²) in [6.45, 7) is 5.02. The van der Waals surface area contributed by atoms with Gasteiger partial charge >= 0.3 is 5.97 Å². The molecule has 0 aliphatic heterocycles. The number of aromatic nitrogens is 2. The van der Waals surface area contributed by atoms with E-state index in [0.717, 1.165) is 17.0 Å². The first-order chi connectivity index (χ1) is 15.0. The monoisotopic (exact) mass is 417 g/mol. The molecule has 0 fully saturated rings. The Balaban J connectivity index is 1.98. The number of carbonyl (C=O) groups is 1. The number of furan rings is 1. The van der Waals surface area contributed by atoms with Crippen molar-refractivity contribution in [1.82, 2.24) is 9.55 Å². The third-order valence-corrected chi connectivity index (χ3v) is 5.12. The second-order valence-corrected chi connectivity index (χ2v) is 7.21. The first-order valence-electron chi connectivity index (χ1n) is 10.0. The fourth-order valence-corrected chi connectivity index (χ4v) is 3.55. The smallest absolute Gasteiger partial charge is 0.337 e. The molecule has 0 atom stereocenters. The van der Waals surface area contributed by atoms with Crippen LogP contribution in [0.1, 0.15) is 28.6 Å². The molecule has 2 aromatic carbocycles. The third-order valence-electron chi connectivity index (χ3n) is 5.12. The molecule has 4 aromatic rings. The van der Waals surface area contributed by atoms with Gasteiger partial charge < -0.3 is 14.1 Å². The number of carbonyl (C=O) groups excluding carboxylic acids is 1. The van der Waals surface area contributed by atoms with Crippen molar-refractivity contribution >= 4 is 22.8 Å². The zero-order valence-corrected chi connectivity index (χ0v) is 17.7. The molecule has 0 spiro atoms. The molecule has 0 aliphatic rings. The molecule has 7 nitrogen and oxygen atoms in total. The molecule has 7 heteroatoms. The first kappa shape index (κ1) is 20.4. The van der Waals surface area contributed by atoms with E-state index in [-0.39, 0.29) is 5.56 Å². The SMILES string of the molecule is CCN(Cc1ccco1)c1nc2cc(C(=O)OC)ccc2c(=O)n1-c1cccc(C)c1. The van der Waals surface area contributed by atoms with Gasteiger partial charge in [0.05, 0.1) is 42.1 Å². The van der Waals surface area contributed by atoms with Crippen molar-refractivity contribution in [2.45, 2.75) is 20.4 Å². The van der Waals surface area contributed by atoms with Crippen molar-refractivity contribution in [2.75, 3.05) is 18.6 Å². The predicted octanol–water partition coefficient (Wildman–Crippen LogP) is 4.10. The van der Waals surface area contributed by atoms with Crippen LogP contribution in [0.15, 0.2) is 70.1 Å². The number of benzene rings is 2. The lowest BCUT2D eigenvalue weighted by atomic mass is 10.1. The first-order valence-corrected chi connectivity index (χ1v) is 10.0. The maximum atomic E-state index is 13.6. The number of anilines is 1. The summed E-state index contributed by atoms with van der Waals surface area (Å²) >= 11 is 0. The van der Waals surface area contributed by atoms with Crippen molar-refractivity contribution < 1.29 is 13.9 Å². The van der Waals surface area contributed by atoms with E-state index in [1.807, 2.05) is 55.1 Å².